The third kappa shape index (κ3) is 3.64. The maximum atomic E-state index is 9.27. The predicted octanol–water partition coefficient (Wildman–Crippen LogP) is 3.07. The second-order valence-corrected chi connectivity index (χ2v) is 6.62. The van der Waals surface area contributed by atoms with Crippen LogP contribution < -0.4 is 4.74 Å². The normalized spacial score (nSPS) is 17.0. The van der Waals surface area contributed by atoms with Crippen LogP contribution in [0.15, 0.2) is 35.7 Å². The average molecular weight is 303 g/mol. The van der Waals surface area contributed by atoms with Gasteiger partial charge in [0.25, 0.3) is 0 Å². The quantitative estimate of drug-likeness (QED) is 0.890. The fraction of sp³-hybridized carbons (Fsp3) is 0.412. The first-order chi connectivity index (χ1) is 10.2. The molecule has 1 aliphatic rings. The van der Waals surface area contributed by atoms with E-state index in [1.54, 1.807) is 11.3 Å². The summed E-state index contributed by atoms with van der Waals surface area (Å²) in [6.45, 7) is 4.75. The molecule has 3 rings (SSSR count). The first-order valence-electron chi connectivity index (χ1n) is 7.38. The molecular formula is C17H21NO2S. The number of hydrogen-bond donors (Lipinski definition) is 1. The van der Waals surface area contributed by atoms with Crippen LogP contribution in [0.25, 0.3) is 0 Å². The lowest BCUT2D eigenvalue weighted by atomic mass is 10.1. The Kier molecular flexibility index (Phi) is 4.58. The molecule has 1 aromatic carbocycles. The Balaban J connectivity index is 1.69. The minimum Gasteiger partial charge on any atom is -0.490 e. The molecule has 0 saturated carbocycles. The summed E-state index contributed by atoms with van der Waals surface area (Å²) >= 11 is 1.76. The topological polar surface area (TPSA) is 32.7 Å². The number of nitrogens with zero attached hydrogens (tertiary/aromatic N) is 1. The lowest BCUT2D eigenvalue weighted by molar-refractivity contribution is 0.185. The third-order valence-electron chi connectivity index (χ3n) is 3.74. The molecule has 1 aromatic heterocycles. The zero-order chi connectivity index (χ0) is 14.7. The largest absolute Gasteiger partial charge is 0.490 e. The summed E-state index contributed by atoms with van der Waals surface area (Å²) < 4.78 is 5.75. The van der Waals surface area contributed by atoms with E-state index in [4.69, 9.17) is 4.74 Å². The Hall–Kier alpha value is -1.36. The Morgan fingerprint density at radius 3 is 3.00 bits per heavy atom. The molecule has 2 heterocycles. The molecule has 1 unspecified atom stereocenters. The zero-order valence-electron chi connectivity index (χ0n) is 12.3. The molecule has 2 aromatic rings. The van der Waals surface area contributed by atoms with Gasteiger partial charge in [0.05, 0.1) is 6.61 Å². The van der Waals surface area contributed by atoms with Crippen molar-refractivity contribution in [2.45, 2.75) is 32.5 Å². The van der Waals surface area contributed by atoms with Crippen LogP contribution in [0.5, 0.6) is 5.75 Å². The summed E-state index contributed by atoms with van der Waals surface area (Å²) in [6.07, 6.45) is 1.28. The number of thiophene rings is 1. The van der Waals surface area contributed by atoms with Crippen molar-refractivity contribution < 1.29 is 9.84 Å². The molecule has 1 atom stereocenters. The lowest BCUT2D eigenvalue weighted by Crippen LogP contribution is -2.25. The fourth-order valence-electron chi connectivity index (χ4n) is 2.81. The van der Waals surface area contributed by atoms with Crippen LogP contribution in [-0.2, 0) is 19.5 Å². The van der Waals surface area contributed by atoms with Gasteiger partial charge in [-0.15, -0.1) is 11.3 Å². The van der Waals surface area contributed by atoms with Crippen molar-refractivity contribution in [3.63, 3.8) is 0 Å². The molecular weight excluding hydrogens is 282 g/mol. The molecule has 0 spiro atoms. The van der Waals surface area contributed by atoms with E-state index < -0.39 is 0 Å². The minimum absolute atomic E-state index is 0.191. The SMILES string of the molecule is CC1Cc2cc(CN(CCO)Cc3cccs3)ccc2O1. The van der Waals surface area contributed by atoms with E-state index in [2.05, 4.69) is 47.5 Å². The molecule has 3 nitrogen and oxygen atoms in total. The molecule has 0 bridgehead atoms. The van der Waals surface area contributed by atoms with Gasteiger partial charge >= 0.3 is 0 Å². The van der Waals surface area contributed by atoms with Crippen LogP contribution in [0, 0.1) is 0 Å². The van der Waals surface area contributed by atoms with E-state index in [-0.39, 0.29) is 12.7 Å². The Labute approximate surface area is 129 Å². The van der Waals surface area contributed by atoms with Gasteiger partial charge in [-0.05, 0) is 35.6 Å². The molecule has 1 N–H and O–H groups in total. The standard InChI is InChI=1S/C17H21NO2S/c1-13-9-15-10-14(4-5-17(15)20-13)11-18(6-7-19)12-16-3-2-8-21-16/h2-5,8,10,13,19H,6-7,9,11-12H2,1H3. The zero-order valence-corrected chi connectivity index (χ0v) is 13.1. The average Bonchev–Trinajstić information content (AvgIpc) is 3.07. The van der Waals surface area contributed by atoms with E-state index in [0.29, 0.717) is 6.54 Å². The smallest absolute Gasteiger partial charge is 0.123 e. The minimum atomic E-state index is 0.191. The maximum absolute atomic E-state index is 9.27. The Morgan fingerprint density at radius 2 is 2.24 bits per heavy atom. The first-order valence-corrected chi connectivity index (χ1v) is 8.26. The van der Waals surface area contributed by atoms with Gasteiger partial charge < -0.3 is 9.84 Å². The molecule has 0 fully saturated rings. The summed E-state index contributed by atoms with van der Waals surface area (Å²) in [7, 11) is 0. The number of aliphatic hydroxyl groups is 1. The van der Waals surface area contributed by atoms with Gasteiger partial charge in [-0.25, -0.2) is 0 Å². The second-order valence-electron chi connectivity index (χ2n) is 5.59. The van der Waals surface area contributed by atoms with E-state index in [9.17, 15) is 5.11 Å². The molecule has 0 amide bonds. The Morgan fingerprint density at radius 1 is 1.33 bits per heavy atom. The third-order valence-corrected chi connectivity index (χ3v) is 4.60. The number of rotatable bonds is 6. The number of benzene rings is 1. The number of hydrogen-bond acceptors (Lipinski definition) is 4. The van der Waals surface area contributed by atoms with Crippen LogP contribution in [0.3, 0.4) is 0 Å². The number of ether oxygens (including phenoxy) is 1. The first kappa shape index (κ1) is 14.6. The van der Waals surface area contributed by atoms with Gasteiger partial charge in [0.2, 0.25) is 0 Å². The van der Waals surface area contributed by atoms with Crippen LogP contribution in [0.4, 0.5) is 0 Å². The van der Waals surface area contributed by atoms with Crippen LogP contribution in [0.1, 0.15) is 22.9 Å². The molecule has 1 aliphatic heterocycles. The van der Waals surface area contributed by atoms with E-state index >= 15 is 0 Å². The van der Waals surface area contributed by atoms with Gasteiger partial charge in [0, 0.05) is 30.9 Å². The van der Waals surface area contributed by atoms with Crippen molar-refractivity contribution in [2.24, 2.45) is 0 Å². The van der Waals surface area contributed by atoms with Crippen molar-refractivity contribution in [3.8, 4) is 5.75 Å². The summed E-state index contributed by atoms with van der Waals surface area (Å²) in [4.78, 5) is 3.62. The van der Waals surface area contributed by atoms with Gasteiger partial charge in [0.15, 0.2) is 0 Å². The predicted molar refractivity (Wildman–Crippen MR) is 85.8 cm³/mol. The second kappa shape index (κ2) is 6.60. The molecule has 4 heteroatoms. The van der Waals surface area contributed by atoms with Crippen LogP contribution >= 0.6 is 11.3 Å². The maximum Gasteiger partial charge on any atom is 0.123 e. The fourth-order valence-corrected chi connectivity index (χ4v) is 3.56. The summed E-state index contributed by atoms with van der Waals surface area (Å²) in [5, 5.41) is 11.4. The molecule has 112 valence electrons. The van der Waals surface area contributed by atoms with Gasteiger partial charge in [0.1, 0.15) is 11.9 Å². The van der Waals surface area contributed by atoms with Crippen molar-refractivity contribution in [2.75, 3.05) is 13.2 Å². The van der Waals surface area contributed by atoms with Crippen molar-refractivity contribution >= 4 is 11.3 Å². The Bertz CT molecular complexity index is 582. The van der Waals surface area contributed by atoms with Crippen molar-refractivity contribution in [1.82, 2.24) is 4.90 Å². The van der Waals surface area contributed by atoms with E-state index in [0.717, 1.165) is 25.3 Å². The van der Waals surface area contributed by atoms with Gasteiger partial charge in [-0.3, -0.25) is 4.90 Å². The highest BCUT2D eigenvalue weighted by atomic mass is 32.1. The number of aliphatic hydroxyl groups excluding tert-OH is 1. The lowest BCUT2D eigenvalue weighted by Gasteiger charge is -2.21. The molecule has 0 aliphatic carbocycles. The molecule has 21 heavy (non-hydrogen) atoms. The monoisotopic (exact) mass is 303 g/mol. The van der Waals surface area contributed by atoms with Crippen molar-refractivity contribution in [3.05, 3.63) is 51.7 Å². The molecule has 0 radical (unpaired) electrons. The highest BCUT2D eigenvalue weighted by Gasteiger charge is 2.19. The van der Waals surface area contributed by atoms with Gasteiger partial charge in [-0.2, -0.15) is 0 Å². The highest BCUT2D eigenvalue weighted by Crippen LogP contribution is 2.29. The number of fused-ring (bicyclic) bond motifs is 1. The highest BCUT2D eigenvalue weighted by molar-refractivity contribution is 7.09. The van der Waals surface area contributed by atoms with Crippen LogP contribution in [0.2, 0.25) is 0 Å². The summed E-state index contributed by atoms with van der Waals surface area (Å²) in [6, 6.07) is 10.7. The summed E-state index contributed by atoms with van der Waals surface area (Å²) in [5.74, 6) is 1.03. The van der Waals surface area contributed by atoms with Crippen LogP contribution in [-0.4, -0.2) is 29.3 Å². The summed E-state index contributed by atoms with van der Waals surface area (Å²) in [5.41, 5.74) is 2.59. The van der Waals surface area contributed by atoms with Crippen molar-refractivity contribution in [1.29, 1.82) is 0 Å². The van der Waals surface area contributed by atoms with E-state index in [1.807, 2.05) is 0 Å². The van der Waals surface area contributed by atoms with E-state index in [1.165, 1.54) is 16.0 Å². The van der Waals surface area contributed by atoms with Gasteiger partial charge in [-0.1, -0.05) is 18.2 Å². The molecule has 0 saturated heterocycles.